The van der Waals surface area contributed by atoms with Crippen LogP contribution < -0.4 is 9.64 Å². The maximum atomic E-state index is 13.9. The van der Waals surface area contributed by atoms with E-state index in [0.29, 0.717) is 37.6 Å². The average molecular weight is 476 g/mol. The summed E-state index contributed by atoms with van der Waals surface area (Å²) in [4.78, 5) is 2.04. The van der Waals surface area contributed by atoms with Crippen molar-refractivity contribution < 1.29 is 17.5 Å². The van der Waals surface area contributed by atoms with Crippen LogP contribution in [0, 0.1) is 9.39 Å². The smallest absolute Gasteiger partial charge is 0.246 e. The van der Waals surface area contributed by atoms with Crippen LogP contribution in [-0.4, -0.2) is 46.0 Å². The van der Waals surface area contributed by atoms with Crippen LogP contribution in [0.5, 0.6) is 5.75 Å². The van der Waals surface area contributed by atoms with Gasteiger partial charge in [0, 0.05) is 29.7 Å². The number of rotatable bonds is 4. The molecule has 25 heavy (non-hydrogen) atoms. The van der Waals surface area contributed by atoms with Crippen LogP contribution in [-0.2, 0) is 10.0 Å². The summed E-state index contributed by atoms with van der Waals surface area (Å²) in [6.07, 6.45) is 0. The fourth-order valence-corrected chi connectivity index (χ4v) is 5.17. The third-order valence-electron chi connectivity index (χ3n) is 4.18. The Morgan fingerprint density at radius 1 is 1.08 bits per heavy atom. The van der Waals surface area contributed by atoms with Gasteiger partial charge < -0.3 is 9.64 Å². The van der Waals surface area contributed by atoms with E-state index in [1.807, 2.05) is 4.90 Å². The van der Waals surface area contributed by atoms with E-state index in [1.165, 1.54) is 17.5 Å². The number of halogens is 2. The number of nitrogens with zero attached hydrogens (tertiary/aromatic N) is 2. The Morgan fingerprint density at radius 2 is 1.76 bits per heavy atom. The molecule has 1 heterocycles. The van der Waals surface area contributed by atoms with Crippen LogP contribution in [0.1, 0.15) is 0 Å². The number of hydrogen-bond acceptors (Lipinski definition) is 4. The SMILES string of the molecule is COc1ccc(I)cc1S(=O)(=O)N1CCN(c2ccccc2F)CC1. The van der Waals surface area contributed by atoms with E-state index in [1.54, 1.807) is 36.4 Å². The molecule has 1 fully saturated rings. The minimum Gasteiger partial charge on any atom is -0.495 e. The molecule has 0 aliphatic carbocycles. The Labute approximate surface area is 160 Å². The summed E-state index contributed by atoms with van der Waals surface area (Å²) in [7, 11) is -2.20. The number of anilines is 1. The quantitative estimate of drug-likeness (QED) is 0.637. The van der Waals surface area contributed by atoms with Gasteiger partial charge in [-0.2, -0.15) is 4.31 Å². The summed E-state index contributed by atoms with van der Waals surface area (Å²) >= 11 is 2.08. The van der Waals surface area contributed by atoms with E-state index in [4.69, 9.17) is 4.74 Å². The van der Waals surface area contributed by atoms with Gasteiger partial charge in [-0.1, -0.05) is 12.1 Å². The molecule has 3 rings (SSSR count). The second-order valence-electron chi connectivity index (χ2n) is 5.64. The summed E-state index contributed by atoms with van der Waals surface area (Å²) in [5, 5.41) is 0. The number of ether oxygens (including phenoxy) is 1. The fourth-order valence-electron chi connectivity index (χ4n) is 2.87. The van der Waals surface area contributed by atoms with E-state index < -0.39 is 10.0 Å². The minimum absolute atomic E-state index is 0.168. The Balaban J connectivity index is 1.81. The van der Waals surface area contributed by atoms with Crippen molar-refractivity contribution in [2.75, 3.05) is 38.2 Å². The predicted molar refractivity (Wildman–Crippen MR) is 103 cm³/mol. The van der Waals surface area contributed by atoms with E-state index in [-0.39, 0.29) is 10.7 Å². The molecule has 0 atom stereocenters. The van der Waals surface area contributed by atoms with Crippen molar-refractivity contribution >= 4 is 38.3 Å². The number of benzene rings is 2. The first kappa shape index (κ1) is 18.4. The van der Waals surface area contributed by atoms with Crippen molar-refractivity contribution in [2.45, 2.75) is 4.90 Å². The standard InChI is InChI=1S/C17H18FIN2O3S/c1-24-16-7-6-13(19)12-17(16)25(22,23)21-10-8-20(9-11-21)15-5-3-2-4-14(15)18/h2-7,12H,8-11H2,1H3. The molecule has 1 saturated heterocycles. The summed E-state index contributed by atoms with van der Waals surface area (Å²) in [5.41, 5.74) is 0.506. The van der Waals surface area contributed by atoms with E-state index >= 15 is 0 Å². The molecule has 1 aliphatic heterocycles. The van der Waals surface area contributed by atoms with E-state index in [9.17, 15) is 12.8 Å². The third-order valence-corrected chi connectivity index (χ3v) is 6.77. The van der Waals surface area contributed by atoms with Gasteiger partial charge in [0.05, 0.1) is 12.8 Å². The summed E-state index contributed by atoms with van der Waals surface area (Å²) in [5.74, 6) is 0.0371. The molecule has 2 aromatic rings. The zero-order valence-electron chi connectivity index (χ0n) is 13.7. The highest BCUT2D eigenvalue weighted by Crippen LogP contribution is 2.30. The van der Waals surface area contributed by atoms with Crippen LogP contribution >= 0.6 is 22.6 Å². The van der Waals surface area contributed by atoms with Crippen LogP contribution in [0.4, 0.5) is 10.1 Å². The fraction of sp³-hybridized carbons (Fsp3) is 0.294. The van der Waals surface area contributed by atoms with Gasteiger partial charge in [-0.3, -0.25) is 0 Å². The lowest BCUT2D eigenvalue weighted by Gasteiger charge is -2.35. The first-order valence-electron chi connectivity index (χ1n) is 7.76. The van der Waals surface area contributed by atoms with E-state index in [0.717, 1.165) is 3.57 Å². The van der Waals surface area contributed by atoms with Gasteiger partial charge in [-0.05, 0) is 52.9 Å². The maximum Gasteiger partial charge on any atom is 0.246 e. The van der Waals surface area contributed by atoms with Gasteiger partial charge in [0.25, 0.3) is 0 Å². The number of piperazine rings is 1. The Kier molecular flexibility index (Phi) is 5.49. The number of hydrogen-bond donors (Lipinski definition) is 0. The molecule has 0 bridgehead atoms. The Bertz CT molecular complexity index is 868. The van der Waals surface area contributed by atoms with Gasteiger partial charge in [0.2, 0.25) is 10.0 Å². The molecule has 5 nitrogen and oxygen atoms in total. The molecule has 1 aliphatic rings. The van der Waals surface area contributed by atoms with Crippen molar-refractivity contribution in [3.05, 3.63) is 51.9 Å². The van der Waals surface area contributed by atoms with Gasteiger partial charge in [-0.25, -0.2) is 12.8 Å². The molecule has 0 unspecified atom stereocenters. The largest absolute Gasteiger partial charge is 0.495 e. The first-order valence-corrected chi connectivity index (χ1v) is 10.3. The van der Waals surface area contributed by atoms with Crippen molar-refractivity contribution in [2.24, 2.45) is 0 Å². The summed E-state index contributed by atoms with van der Waals surface area (Å²) in [6.45, 7) is 1.47. The first-order chi connectivity index (χ1) is 11.9. The van der Waals surface area contributed by atoms with Gasteiger partial charge in [0.1, 0.15) is 16.5 Å². The maximum absolute atomic E-state index is 13.9. The Morgan fingerprint density at radius 3 is 2.40 bits per heavy atom. The van der Waals surface area contributed by atoms with Crippen LogP contribution in [0.15, 0.2) is 47.4 Å². The lowest BCUT2D eigenvalue weighted by Crippen LogP contribution is -2.49. The van der Waals surface area contributed by atoms with Crippen molar-refractivity contribution in [3.63, 3.8) is 0 Å². The summed E-state index contributed by atoms with van der Waals surface area (Å²) < 4.78 is 47.3. The van der Waals surface area contributed by atoms with Crippen molar-refractivity contribution in [1.29, 1.82) is 0 Å². The van der Waals surface area contributed by atoms with Crippen LogP contribution in [0.2, 0.25) is 0 Å². The van der Waals surface area contributed by atoms with Gasteiger partial charge >= 0.3 is 0 Å². The zero-order valence-corrected chi connectivity index (χ0v) is 16.6. The molecule has 0 N–H and O–H groups in total. The monoisotopic (exact) mass is 476 g/mol. The molecule has 8 heteroatoms. The summed E-state index contributed by atoms with van der Waals surface area (Å²) in [6, 6.07) is 11.6. The molecular formula is C17H18FIN2O3S. The highest BCUT2D eigenvalue weighted by atomic mass is 127. The highest BCUT2D eigenvalue weighted by Gasteiger charge is 2.31. The predicted octanol–water partition coefficient (Wildman–Crippen LogP) is 2.95. The van der Waals surface area contributed by atoms with E-state index in [2.05, 4.69) is 22.6 Å². The molecule has 0 aromatic heterocycles. The second-order valence-corrected chi connectivity index (χ2v) is 8.79. The lowest BCUT2D eigenvalue weighted by atomic mass is 10.2. The van der Waals surface area contributed by atoms with Crippen LogP contribution in [0.3, 0.4) is 0 Å². The molecule has 2 aromatic carbocycles. The lowest BCUT2D eigenvalue weighted by molar-refractivity contribution is 0.373. The number of para-hydroxylation sites is 1. The van der Waals surface area contributed by atoms with Crippen molar-refractivity contribution in [3.8, 4) is 5.75 Å². The Hall–Kier alpha value is -1.39. The topological polar surface area (TPSA) is 49.9 Å². The second kappa shape index (κ2) is 7.46. The van der Waals surface area contributed by atoms with Gasteiger partial charge in [-0.15, -0.1) is 0 Å². The molecular weight excluding hydrogens is 458 g/mol. The number of sulfonamides is 1. The molecule has 0 radical (unpaired) electrons. The average Bonchev–Trinajstić information content (AvgIpc) is 2.62. The van der Waals surface area contributed by atoms with Crippen molar-refractivity contribution in [1.82, 2.24) is 4.31 Å². The minimum atomic E-state index is -3.66. The third kappa shape index (κ3) is 3.75. The van der Waals surface area contributed by atoms with Crippen LogP contribution in [0.25, 0.3) is 0 Å². The number of methoxy groups -OCH3 is 1. The van der Waals surface area contributed by atoms with Gasteiger partial charge in [0.15, 0.2) is 0 Å². The normalized spacial score (nSPS) is 16.0. The molecule has 0 amide bonds. The highest BCUT2D eigenvalue weighted by molar-refractivity contribution is 14.1. The molecule has 134 valence electrons. The molecule has 0 saturated carbocycles. The zero-order chi connectivity index (χ0) is 18.0. The molecule has 0 spiro atoms.